The van der Waals surface area contributed by atoms with Crippen LogP contribution in [0.15, 0.2) is 42.5 Å². The summed E-state index contributed by atoms with van der Waals surface area (Å²) in [6, 6.07) is 11.4. The van der Waals surface area contributed by atoms with Crippen molar-refractivity contribution in [1.82, 2.24) is 0 Å². The van der Waals surface area contributed by atoms with E-state index >= 15 is 0 Å². The number of rotatable bonds is 1. The Morgan fingerprint density at radius 3 is 2.67 bits per heavy atom. The summed E-state index contributed by atoms with van der Waals surface area (Å²) in [5.74, 6) is -0.666. The smallest absolute Gasteiger partial charge is 0.346 e. The molecule has 0 bridgehead atoms. The minimum absolute atomic E-state index is 0.574. The van der Waals surface area contributed by atoms with Gasteiger partial charge in [-0.3, -0.25) is 0 Å². The summed E-state index contributed by atoms with van der Waals surface area (Å²) in [4.78, 5) is 11.8. The third-order valence-corrected chi connectivity index (χ3v) is 3.35. The number of carbonyl (C=O) groups is 1. The Morgan fingerprint density at radius 1 is 1.22 bits per heavy atom. The second kappa shape index (κ2) is 3.68. The number of benzene rings is 2. The van der Waals surface area contributed by atoms with Crippen molar-refractivity contribution in [2.45, 2.75) is 5.60 Å². The zero-order valence-corrected chi connectivity index (χ0v) is 9.88. The molecule has 18 heavy (non-hydrogen) atoms. The van der Waals surface area contributed by atoms with Crippen molar-refractivity contribution in [3.05, 3.63) is 53.6 Å². The van der Waals surface area contributed by atoms with Gasteiger partial charge in [-0.15, -0.1) is 0 Å². The molecule has 1 aliphatic rings. The minimum Gasteiger partial charge on any atom is -0.466 e. The standard InChI is InChI=1S/C15H12O3/c1-18-14(16)15(17)9-8-11-5-2-4-10-6-3-7-12(15)13(10)11/h2-9,17H,1H3. The summed E-state index contributed by atoms with van der Waals surface area (Å²) >= 11 is 0. The van der Waals surface area contributed by atoms with Crippen LogP contribution in [0.4, 0.5) is 0 Å². The van der Waals surface area contributed by atoms with Gasteiger partial charge in [-0.2, -0.15) is 0 Å². The van der Waals surface area contributed by atoms with Crippen LogP contribution in [-0.4, -0.2) is 18.2 Å². The number of carbonyl (C=O) groups excluding carboxylic acids is 1. The monoisotopic (exact) mass is 240 g/mol. The Bertz CT molecular complexity index is 667. The van der Waals surface area contributed by atoms with Crippen LogP contribution in [0.25, 0.3) is 16.8 Å². The molecule has 2 aromatic rings. The lowest BCUT2D eigenvalue weighted by molar-refractivity contribution is -0.158. The molecular weight excluding hydrogens is 228 g/mol. The molecule has 0 aromatic heterocycles. The van der Waals surface area contributed by atoms with E-state index in [1.165, 1.54) is 13.2 Å². The highest BCUT2D eigenvalue weighted by atomic mass is 16.5. The number of ether oxygens (including phenoxy) is 1. The van der Waals surface area contributed by atoms with E-state index in [9.17, 15) is 9.90 Å². The topological polar surface area (TPSA) is 46.5 Å². The van der Waals surface area contributed by atoms with Crippen LogP contribution in [0.1, 0.15) is 11.1 Å². The lowest BCUT2D eigenvalue weighted by Crippen LogP contribution is -2.36. The Balaban J connectivity index is 2.38. The van der Waals surface area contributed by atoms with Gasteiger partial charge >= 0.3 is 5.97 Å². The Hall–Kier alpha value is -2.13. The maximum atomic E-state index is 11.8. The summed E-state index contributed by atoms with van der Waals surface area (Å²) in [6.45, 7) is 0. The van der Waals surface area contributed by atoms with E-state index in [2.05, 4.69) is 0 Å². The van der Waals surface area contributed by atoms with Crippen LogP contribution in [0, 0.1) is 0 Å². The molecular formula is C15H12O3. The fourth-order valence-corrected chi connectivity index (χ4v) is 2.46. The lowest BCUT2D eigenvalue weighted by Gasteiger charge is -2.27. The maximum absolute atomic E-state index is 11.8. The molecule has 0 saturated heterocycles. The van der Waals surface area contributed by atoms with E-state index < -0.39 is 11.6 Å². The number of hydrogen-bond donors (Lipinski definition) is 1. The van der Waals surface area contributed by atoms with E-state index in [-0.39, 0.29) is 0 Å². The Morgan fingerprint density at radius 2 is 1.94 bits per heavy atom. The first kappa shape index (κ1) is 11.0. The second-order valence-corrected chi connectivity index (χ2v) is 4.34. The number of aliphatic hydroxyl groups is 1. The molecule has 90 valence electrons. The molecule has 1 atom stereocenters. The maximum Gasteiger partial charge on any atom is 0.346 e. The van der Waals surface area contributed by atoms with E-state index in [4.69, 9.17) is 4.74 Å². The van der Waals surface area contributed by atoms with Crippen molar-refractivity contribution in [1.29, 1.82) is 0 Å². The molecule has 0 heterocycles. The van der Waals surface area contributed by atoms with Gasteiger partial charge in [0.15, 0.2) is 0 Å². The van der Waals surface area contributed by atoms with Gasteiger partial charge in [0.05, 0.1) is 7.11 Å². The van der Waals surface area contributed by atoms with E-state index in [1.54, 1.807) is 12.1 Å². The van der Waals surface area contributed by atoms with E-state index in [1.807, 2.05) is 30.3 Å². The molecule has 1 unspecified atom stereocenters. The quantitative estimate of drug-likeness (QED) is 0.777. The third kappa shape index (κ3) is 1.31. The predicted molar refractivity (Wildman–Crippen MR) is 68.9 cm³/mol. The molecule has 0 fully saturated rings. The molecule has 2 aromatic carbocycles. The Kier molecular flexibility index (Phi) is 2.25. The largest absolute Gasteiger partial charge is 0.466 e. The molecule has 0 radical (unpaired) electrons. The molecule has 0 spiro atoms. The Labute approximate surface area is 104 Å². The van der Waals surface area contributed by atoms with Gasteiger partial charge in [0.25, 0.3) is 0 Å². The van der Waals surface area contributed by atoms with Gasteiger partial charge < -0.3 is 9.84 Å². The van der Waals surface area contributed by atoms with Crippen molar-refractivity contribution in [3.63, 3.8) is 0 Å². The SMILES string of the molecule is COC(=O)C1(O)C=Cc2cccc3cccc1c23. The zero-order chi connectivity index (χ0) is 12.8. The fraction of sp³-hybridized carbons (Fsp3) is 0.133. The molecule has 0 saturated carbocycles. The highest BCUT2D eigenvalue weighted by Crippen LogP contribution is 2.37. The predicted octanol–water partition coefficient (Wildman–Crippen LogP) is 2.23. The number of esters is 1. The first-order valence-corrected chi connectivity index (χ1v) is 5.69. The van der Waals surface area contributed by atoms with Crippen molar-refractivity contribution >= 4 is 22.8 Å². The average Bonchev–Trinajstić information content (AvgIpc) is 2.42. The van der Waals surface area contributed by atoms with Crippen molar-refractivity contribution in [2.24, 2.45) is 0 Å². The van der Waals surface area contributed by atoms with Crippen molar-refractivity contribution < 1.29 is 14.6 Å². The molecule has 1 aliphatic carbocycles. The minimum atomic E-state index is -1.69. The van der Waals surface area contributed by atoms with Crippen LogP contribution >= 0.6 is 0 Å². The van der Waals surface area contributed by atoms with Gasteiger partial charge in [0, 0.05) is 5.56 Å². The molecule has 0 amide bonds. The highest BCUT2D eigenvalue weighted by molar-refractivity contribution is 6.01. The average molecular weight is 240 g/mol. The number of methoxy groups -OCH3 is 1. The summed E-state index contributed by atoms with van der Waals surface area (Å²) in [5, 5.41) is 12.4. The van der Waals surface area contributed by atoms with Gasteiger partial charge in [-0.25, -0.2) is 4.79 Å². The van der Waals surface area contributed by atoms with Crippen LogP contribution in [0.2, 0.25) is 0 Å². The second-order valence-electron chi connectivity index (χ2n) is 4.34. The summed E-state index contributed by atoms with van der Waals surface area (Å²) in [7, 11) is 1.27. The number of hydrogen-bond acceptors (Lipinski definition) is 3. The lowest BCUT2D eigenvalue weighted by atomic mass is 9.83. The molecule has 3 nitrogen and oxygen atoms in total. The van der Waals surface area contributed by atoms with Crippen LogP contribution in [0.5, 0.6) is 0 Å². The van der Waals surface area contributed by atoms with Crippen LogP contribution in [-0.2, 0) is 15.1 Å². The summed E-state index contributed by atoms with van der Waals surface area (Å²) in [6.07, 6.45) is 3.24. The van der Waals surface area contributed by atoms with Gasteiger partial charge in [0.2, 0.25) is 5.60 Å². The molecule has 1 N–H and O–H groups in total. The van der Waals surface area contributed by atoms with Gasteiger partial charge in [-0.1, -0.05) is 42.5 Å². The molecule has 0 aliphatic heterocycles. The van der Waals surface area contributed by atoms with Gasteiger partial charge in [-0.05, 0) is 22.4 Å². The normalized spacial score (nSPS) is 21.0. The van der Waals surface area contributed by atoms with Crippen molar-refractivity contribution in [2.75, 3.05) is 7.11 Å². The third-order valence-electron chi connectivity index (χ3n) is 3.35. The molecule has 3 heteroatoms. The fourth-order valence-electron chi connectivity index (χ4n) is 2.46. The first-order chi connectivity index (χ1) is 8.66. The first-order valence-electron chi connectivity index (χ1n) is 5.69. The zero-order valence-electron chi connectivity index (χ0n) is 9.88. The van der Waals surface area contributed by atoms with Crippen LogP contribution < -0.4 is 0 Å². The molecule has 3 rings (SSSR count). The van der Waals surface area contributed by atoms with E-state index in [0.29, 0.717) is 5.56 Å². The highest BCUT2D eigenvalue weighted by Gasteiger charge is 2.39. The van der Waals surface area contributed by atoms with E-state index in [0.717, 1.165) is 16.3 Å². The van der Waals surface area contributed by atoms with Gasteiger partial charge in [0.1, 0.15) is 0 Å². The van der Waals surface area contributed by atoms with Crippen molar-refractivity contribution in [3.8, 4) is 0 Å². The summed E-state index contributed by atoms with van der Waals surface area (Å²) < 4.78 is 4.70. The summed E-state index contributed by atoms with van der Waals surface area (Å²) in [5.41, 5.74) is -0.121. The van der Waals surface area contributed by atoms with Crippen LogP contribution in [0.3, 0.4) is 0 Å².